The van der Waals surface area contributed by atoms with E-state index in [-0.39, 0.29) is 18.3 Å². The molecule has 0 aliphatic carbocycles. The summed E-state index contributed by atoms with van der Waals surface area (Å²) < 4.78 is 6.60. The van der Waals surface area contributed by atoms with Crippen molar-refractivity contribution in [2.45, 2.75) is 19.3 Å². The van der Waals surface area contributed by atoms with E-state index in [0.29, 0.717) is 19.6 Å². The maximum Gasteiger partial charge on any atom is 0.220 e. The Morgan fingerprint density at radius 3 is 3.00 bits per heavy atom. The highest BCUT2D eigenvalue weighted by Crippen LogP contribution is 2.17. The molecule has 1 aliphatic rings. The van der Waals surface area contributed by atoms with Gasteiger partial charge in [0.15, 0.2) is 0 Å². The Kier molecular flexibility index (Phi) is 9.20. The number of rotatable bonds is 7. The number of amides is 1. The van der Waals surface area contributed by atoms with E-state index in [1.54, 1.807) is 0 Å². The first-order chi connectivity index (χ1) is 10.2. The van der Waals surface area contributed by atoms with E-state index < -0.39 is 0 Å². The van der Waals surface area contributed by atoms with Gasteiger partial charge in [-0.05, 0) is 37.6 Å². The van der Waals surface area contributed by atoms with E-state index in [2.05, 4.69) is 32.6 Å². The molecule has 4 nitrogen and oxygen atoms in total. The lowest BCUT2D eigenvalue weighted by Gasteiger charge is -2.14. The Morgan fingerprint density at radius 2 is 2.27 bits per heavy atom. The lowest BCUT2D eigenvalue weighted by Crippen LogP contribution is -2.29. The van der Waals surface area contributed by atoms with Crippen LogP contribution in [0.1, 0.15) is 19.3 Å². The molecule has 0 aromatic heterocycles. The van der Waals surface area contributed by atoms with Gasteiger partial charge in [0.25, 0.3) is 0 Å². The van der Waals surface area contributed by atoms with Crippen molar-refractivity contribution in [1.29, 1.82) is 0 Å². The Labute approximate surface area is 146 Å². The minimum atomic E-state index is 0. The molecular formula is C16H22BrClN2O2. The molecule has 1 aromatic carbocycles. The highest BCUT2D eigenvalue weighted by Gasteiger charge is 2.05. The van der Waals surface area contributed by atoms with Crippen molar-refractivity contribution in [3.8, 4) is 5.75 Å². The molecule has 0 spiro atoms. The van der Waals surface area contributed by atoms with E-state index >= 15 is 0 Å². The first kappa shape index (κ1) is 19.0. The smallest absolute Gasteiger partial charge is 0.220 e. The zero-order chi connectivity index (χ0) is 14.9. The summed E-state index contributed by atoms with van der Waals surface area (Å²) in [7, 11) is 0. The van der Waals surface area contributed by atoms with Crippen LogP contribution in [0.5, 0.6) is 5.75 Å². The van der Waals surface area contributed by atoms with Crippen LogP contribution < -0.4 is 15.4 Å². The van der Waals surface area contributed by atoms with Crippen molar-refractivity contribution in [1.82, 2.24) is 10.6 Å². The van der Waals surface area contributed by atoms with Crippen LogP contribution >= 0.6 is 28.3 Å². The summed E-state index contributed by atoms with van der Waals surface area (Å²) in [5, 5.41) is 6.22. The van der Waals surface area contributed by atoms with E-state index in [4.69, 9.17) is 4.74 Å². The third-order valence-corrected chi connectivity index (χ3v) is 3.78. The van der Waals surface area contributed by atoms with Gasteiger partial charge in [0, 0.05) is 24.0 Å². The van der Waals surface area contributed by atoms with Crippen molar-refractivity contribution >= 4 is 34.2 Å². The van der Waals surface area contributed by atoms with E-state index in [0.717, 1.165) is 36.2 Å². The standard InChI is InChI=1S/C16H21BrN2O2.ClH/c17-14-3-1-4-15(11-14)21-10-2-5-16(20)19-12-13-6-8-18-9-7-13;/h1,3-4,6,11,18H,2,5,7-10,12H2,(H,19,20);1H. The molecule has 2 rings (SSSR count). The Bertz CT molecular complexity index is 509. The third kappa shape index (κ3) is 7.29. The summed E-state index contributed by atoms with van der Waals surface area (Å²) in [6, 6.07) is 7.72. The average Bonchev–Trinajstić information content (AvgIpc) is 2.51. The third-order valence-electron chi connectivity index (χ3n) is 3.28. The fourth-order valence-corrected chi connectivity index (χ4v) is 2.49. The highest BCUT2D eigenvalue weighted by molar-refractivity contribution is 9.10. The maximum absolute atomic E-state index is 11.7. The van der Waals surface area contributed by atoms with Gasteiger partial charge in [0.05, 0.1) is 6.61 Å². The van der Waals surface area contributed by atoms with Gasteiger partial charge in [-0.3, -0.25) is 4.79 Å². The first-order valence-electron chi connectivity index (χ1n) is 7.28. The van der Waals surface area contributed by atoms with Crippen molar-refractivity contribution in [3.05, 3.63) is 40.4 Å². The van der Waals surface area contributed by atoms with Crippen LogP contribution in [0.4, 0.5) is 0 Å². The predicted molar refractivity (Wildman–Crippen MR) is 94.7 cm³/mol. The van der Waals surface area contributed by atoms with Crippen LogP contribution in [0.15, 0.2) is 40.4 Å². The average molecular weight is 390 g/mol. The van der Waals surface area contributed by atoms with Gasteiger partial charge in [0.2, 0.25) is 5.91 Å². The number of ether oxygens (including phenoxy) is 1. The molecule has 22 heavy (non-hydrogen) atoms. The van der Waals surface area contributed by atoms with Crippen LogP contribution in [0.2, 0.25) is 0 Å². The monoisotopic (exact) mass is 388 g/mol. The summed E-state index contributed by atoms with van der Waals surface area (Å²) >= 11 is 3.40. The number of nitrogens with one attached hydrogen (secondary N) is 2. The van der Waals surface area contributed by atoms with E-state index in [9.17, 15) is 4.79 Å². The largest absolute Gasteiger partial charge is 0.494 e. The van der Waals surface area contributed by atoms with E-state index in [1.165, 1.54) is 5.57 Å². The number of hydrogen-bond donors (Lipinski definition) is 2. The van der Waals surface area contributed by atoms with Crippen molar-refractivity contribution < 1.29 is 9.53 Å². The van der Waals surface area contributed by atoms with Crippen LogP contribution in [0, 0.1) is 0 Å². The summed E-state index contributed by atoms with van der Waals surface area (Å²) in [5.74, 6) is 0.914. The fraction of sp³-hybridized carbons (Fsp3) is 0.438. The topological polar surface area (TPSA) is 50.4 Å². The molecule has 1 amide bonds. The number of carbonyl (C=O) groups is 1. The molecule has 0 unspecified atom stereocenters. The lowest BCUT2D eigenvalue weighted by atomic mass is 10.1. The Morgan fingerprint density at radius 1 is 1.41 bits per heavy atom. The second-order valence-corrected chi connectivity index (χ2v) is 5.92. The molecular weight excluding hydrogens is 368 g/mol. The predicted octanol–water partition coefficient (Wildman–Crippen LogP) is 3.07. The molecule has 0 saturated heterocycles. The van der Waals surface area contributed by atoms with Crippen molar-refractivity contribution in [2.24, 2.45) is 0 Å². The van der Waals surface area contributed by atoms with Gasteiger partial charge in [-0.25, -0.2) is 0 Å². The minimum Gasteiger partial charge on any atom is -0.494 e. The van der Waals surface area contributed by atoms with Crippen LogP contribution in [-0.4, -0.2) is 32.1 Å². The van der Waals surface area contributed by atoms with Crippen LogP contribution in [0.3, 0.4) is 0 Å². The lowest BCUT2D eigenvalue weighted by molar-refractivity contribution is -0.121. The van der Waals surface area contributed by atoms with Crippen LogP contribution in [-0.2, 0) is 4.79 Å². The molecule has 6 heteroatoms. The molecule has 0 bridgehead atoms. The summed E-state index contributed by atoms with van der Waals surface area (Å²) in [6.45, 7) is 3.14. The number of benzene rings is 1. The van der Waals surface area contributed by atoms with Gasteiger partial charge in [-0.2, -0.15) is 0 Å². The van der Waals surface area contributed by atoms with Crippen molar-refractivity contribution in [2.75, 3.05) is 26.2 Å². The Hall–Kier alpha value is -1.04. The number of halogens is 2. The molecule has 1 heterocycles. The second-order valence-electron chi connectivity index (χ2n) is 5.00. The van der Waals surface area contributed by atoms with E-state index in [1.807, 2.05) is 24.3 Å². The maximum atomic E-state index is 11.7. The van der Waals surface area contributed by atoms with Gasteiger partial charge in [0.1, 0.15) is 5.75 Å². The summed E-state index contributed by atoms with van der Waals surface area (Å²) in [5.41, 5.74) is 1.31. The minimum absolute atomic E-state index is 0. The van der Waals surface area contributed by atoms with Crippen LogP contribution in [0.25, 0.3) is 0 Å². The molecule has 2 N–H and O–H groups in total. The quantitative estimate of drug-likeness (QED) is 0.556. The van der Waals surface area contributed by atoms with Crippen molar-refractivity contribution in [3.63, 3.8) is 0 Å². The molecule has 0 radical (unpaired) electrons. The van der Waals surface area contributed by atoms with Gasteiger partial charge in [-0.15, -0.1) is 12.4 Å². The molecule has 122 valence electrons. The van der Waals surface area contributed by atoms with Gasteiger partial charge in [-0.1, -0.05) is 33.6 Å². The number of hydrogen-bond acceptors (Lipinski definition) is 3. The fourth-order valence-electron chi connectivity index (χ4n) is 2.11. The second kappa shape index (κ2) is 10.6. The Balaban J connectivity index is 0.00000242. The SMILES string of the molecule is Cl.O=C(CCCOc1cccc(Br)c1)NCC1=CCNCC1. The molecule has 0 saturated carbocycles. The van der Waals surface area contributed by atoms with Gasteiger partial charge < -0.3 is 15.4 Å². The molecule has 1 aliphatic heterocycles. The zero-order valence-corrected chi connectivity index (χ0v) is 14.8. The summed E-state index contributed by atoms with van der Waals surface area (Å²) in [6.07, 6.45) is 4.39. The molecule has 0 fully saturated rings. The first-order valence-corrected chi connectivity index (χ1v) is 8.07. The zero-order valence-electron chi connectivity index (χ0n) is 12.4. The molecule has 0 atom stereocenters. The number of carbonyl (C=O) groups excluding carboxylic acids is 1. The molecule has 1 aromatic rings. The highest BCUT2D eigenvalue weighted by atomic mass is 79.9. The normalized spacial score (nSPS) is 13.8. The summed E-state index contributed by atoms with van der Waals surface area (Å²) in [4.78, 5) is 11.7. The van der Waals surface area contributed by atoms with Gasteiger partial charge >= 0.3 is 0 Å².